The van der Waals surface area contributed by atoms with E-state index in [1.807, 2.05) is 30.3 Å². The molecule has 2 rings (SSSR count). The molecule has 1 aliphatic heterocycles. The van der Waals surface area contributed by atoms with Gasteiger partial charge in [-0.25, -0.2) is 0 Å². The van der Waals surface area contributed by atoms with Gasteiger partial charge in [0, 0.05) is 5.56 Å². The van der Waals surface area contributed by atoms with Crippen molar-refractivity contribution in [3.05, 3.63) is 35.9 Å². The Kier molecular flexibility index (Phi) is 6.71. The Morgan fingerprint density at radius 3 is 2.57 bits per heavy atom. The second kappa shape index (κ2) is 8.54. The molecule has 0 bridgehead atoms. The molecule has 0 aliphatic carbocycles. The Morgan fingerprint density at radius 1 is 1.14 bits per heavy atom. The van der Waals surface area contributed by atoms with Crippen LogP contribution in [0.1, 0.15) is 57.2 Å². The average molecular weight is 354 g/mol. The molecule has 0 saturated carbocycles. The van der Waals surface area contributed by atoms with E-state index in [1.54, 1.807) is 0 Å². The highest BCUT2D eigenvalue weighted by Crippen LogP contribution is 2.28. The van der Waals surface area contributed by atoms with Gasteiger partial charge in [-0.15, -0.1) is 0 Å². The van der Waals surface area contributed by atoms with Crippen molar-refractivity contribution in [3.63, 3.8) is 0 Å². The second-order valence-electron chi connectivity index (χ2n) is 5.58. The van der Waals surface area contributed by atoms with Crippen LogP contribution in [-0.4, -0.2) is 16.8 Å². The van der Waals surface area contributed by atoms with Crippen molar-refractivity contribution in [2.75, 3.05) is 0 Å². The summed E-state index contributed by atoms with van der Waals surface area (Å²) in [4.78, 5) is 11.8. The zero-order valence-corrected chi connectivity index (χ0v) is 14.1. The summed E-state index contributed by atoms with van der Waals surface area (Å²) in [7, 11) is 0. The van der Waals surface area contributed by atoms with Gasteiger partial charge in [0.1, 0.15) is 4.83 Å². The van der Waals surface area contributed by atoms with Crippen molar-refractivity contribution in [2.45, 2.75) is 62.6 Å². The number of halogens is 1. The first-order chi connectivity index (χ1) is 10.2. The minimum atomic E-state index is -0.326. The van der Waals surface area contributed by atoms with Gasteiger partial charge in [-0.3, -0.25) is 4.79 Å². The molecule has 1 saturated heterocycles. The number of amides is 1. The zero-order chi connectivity index (χ0) is 15.1. The molecule has 116 valence electrons. The predicted octanol–water partition coefficient (Wildman–Crippen LogP) is 4.32. The van der Waals surface area contributed by atoms with Crippen LogP contribution in [0.3, 0.4) is 0 Å². The molecule has 4 heteroatoms. The van der Waals surface area contributed by atoms with E-state index in [-0.39, 0.29) is 23.1 Å². The number of rotatable bonds is 7. The number of hydrogen-bond donors (Lipinski definition) is 1. The maximum absolute atomic E-state index is 12.1. The van der Waals surface area contributed by atoms with E-state index in [1.165, 1.54) is 25.7 Å². The number of unbranched alkanes of at least 4 members (excludes halogenated alkanes) is 4. The fraction of sp³-hybridized carbons (Fsp3) is 0.588. The first-order valence-corrected chi connectivity index (χ1v) is 8.78. The number of hydrogen-bond acceptors (Lipinski definition) is 2. The SMILES string of the molecule is CCCCCCC[C@@H]1O[C@H](c2ccccc2)NC(=O)[C@@H]1Br. The van der Waals surface area contributed by atoms with Gasteiger partial charge >= 0.3 is 0 Å². The van der Waals surface area contributed by atoms with E-state index < -0.39 is 0 Å². The van der Waals surface area contributed by atoms with Gasteiger partial charge in [-0.1, -0.05) is 85.3 Å². The summed E-state index contributed by atoms with van der Waals surface area (Å²) < 4.78 is 6.08. The number of carbonyl (C=O) groups is 1. The number of ether oxygens (including phenoxy) is 1. The normalized spacial score (nSPS) is 25.6. The molecular formula is C17H24BrNO2. The molecule has 3 atom stereocenters. The first kappa shape index (κ1) is 16.5. The monoisotopic (exact) mass is 353 g/mol. The largest absolute Gasteiger partial charge is 0.349 e. The molecule has 1 heterocycles. The number of alkyl halides is 1. The second-order valence-corrected chi connectivity index (χ2v) is 6.57. The molecule has 0 spiro atoms. The summed E-state index contributed by atoms with van der Waals surface area (Å²) in [6, 6.07) is 9.86. The van der Waals surface area contributed by atoms with Crippen LogP contribution in [0.25, 0.3) is 0 Å². The summed E-state index contributed by atoms with van der Waals surface area (Å²) in [6.45, 7) is 2.22. The van der Waals surface area contributed by atoms with Crippen molar-refractivity contribution < 1.29 is 9.53 Å². The van der Waals surface area contributed by atoms with Gasteiger partial charge in [0.2, 0.25) is 5.91 Å². The van der Waals surface area contributed by atoms with E-state index in [2.05, 4.69) is 28.2 Å². The Labute approximate surface area is 135 Å². The van der Waals surface area contributed by atoms with Crippen LogP contribution in [0, 0.1) is 0 Å². The number of nitrogens with one attached hydrogen (secondary N) is 1. The highest BCUT2D eigenvalue weighted by molar-refractivity contribution is 9.10. The third-order valence-corrected chi connectivity index (χ3v) is 4.86. The molecule has 1 aromatic carbocycles. The lowest BCUT2D eigenvalue weighted by Crippen LogP contribution is -2.49. The lowest BCUT2D eigenvalue weighted by Gasteiger charge is -2.34. The topological polar surface area (TPSA) is 38.3 Å². The van der Waals surface area contributed by atoms with Crippen molar-refractivity contribution in [1.29, 1.82) is 0 Å². The molecule has 0 aromatic heterocycles. The van der Waals surface area contributed by atoms with E-state index in [4.69, 9.17) is 4.74 Å². The molecule has 1 amide bonds. The summed E-state index contributed by atoms with van der Waals surface area (Å²) in [5.74, 6) is 0.0219. The van der Waals surface area contributed by atoms with E-state index in [0.717, 1.165) is 18.4 Å². The molecule has 0 radical (unpaired) electrons. The maximum atomic E-state index is 12.1. The fourth-order valence-corrected chi connectivity index (χ4v) is 3.13. The van der Waals surface area contributed by atoms with Crippen molar-refractivity contribution in [3.8, 4) is 0 Å². The third-order valence-electron chi connectivity index (χ3n) is 3.86. The van der Waals surface area contributed by atoms with Crippen molar-refractivity contribution in [2.24, 2.45) is 0 Å². The molecule has 1 fully saturated rings. The number of carbonyl (C=O) groups excluding carboxylic acids is 1. The summed E-state index contributed by atoms with van der Waals surface area (Å²) in [5, 5.41) is 2.92. The minimum absolute atomic E-state index is 0.0219. The van der Waals surface area contributed by atoms with Crippen LogP contribution >= 0.6 is 15.9 Å². The van der Waals surface area contributed by atoms with E-state index >= 15 is 0 Å². The predicted molar refractivity (Wildman–Crippen MR) is 88.3 cm³/mol. The first-order valence-electron chi connectivity index (χ1n) is 7.87. The zero-order valence-electron chi connectivity index (χ0n) is 12.6. The minimum Gasteiger partial charge on any atom is -0.349 e. The Hall–Kier alpha value is -0.870. The van der Waals surface area contributed by atoms with Crippen molar-refractivity contribution >= 4 is 21.8 Å². The Morgan fingerprint density at radius 2 is 1.86 bits per heavy atom. The lowest BCUT2D eigenvalue weighted by molar-refractivity contribution is -0.141. The highest BCUT2D eigenvalue weighted by atomic mass is 79.9. The molecule has 1 N–H and O–H groups in total. The molecule has 3 nitrogen and oxygen atoms in total. The van der Waals surface area contributed by atoms with Gasteiger partial charge in [0.15, 0.2) is 6.23 Å². The Bertz CT molecular complexity index is 438. The molecule has 1 aromatic rings. The van der Waals surface area contributed by atoms with Crippen LogP contribution in [-0.2, 0) is 9.53 Å². The van der Waals surface area contributed by atoms with Crippen LogP contribution in [0.15, 0.2) is 30.3 Å². The molecular weight excluding hydrogens is 330 g/mol. The van der Waals surface area contributed by atoms with Crippen LogP contribution in [0.4, 0.5) is 0 Å². The van der Waals surface area contributed by atoms with Gasteiger partial charge in [0.25, 0.3) is 0 Å². The van der Waals surface area contributed by atoms with Crippen LogP contribution in [0.2, 0.25) is 0 Å². The van der Waals surface area contributed by atoms with Crippen LogP contribution in [0.5, 0.6) is 0 Å². The van der Waals surface area contributed by atoms with Crippen LogP contribution < -0.4 is 5.32 Å². The van der Waals surface area contributed by atoms with Gasteiger partial charge < -0.3 is 10.1 Å². The third kappa shape index (κ3) is 4.82. The van der Waals surface area contributed by atoms with E-state index in [0.29, 0.717) is 0 Å². The van der Waals surface area contributed by atoms with Crippen molar-refractivity contribution in [1.82, 2.24) is 5.32 Å². The van der Waals surface area contributed by atoms with Gasteiger partial charge in [-0.05, 0) is 6.42 Å². The smallest absolute Gasteiger partial charge is 0.238 e. The van der Waals surface area contributed by atoms with E-state index in [9.17, 15) is 4.79 Å². The Balaban J connectivity index is 1.89. The maximum Gasteiger partial charge on any atom is 0.238 e. The quantitative estimate of drug-likeness (QED) is 0.585. The lowest BCUT2D eigenvalue weighted by atomic mass is 10.0. The summed E-state index contributed by atoms with van der Waals surface area (Å²) in [5.41, 5.74) is 1.00. The van der Waals surface area contributed by atoms with Gasteiger partial charge in [-0.2, -0.15) is 0 Å². The highest BCUT2D eigenvalue weighted by Gasteiger charge is 2.35. The molecule has 1 aliphatic rings. The van der Waals surface area contributed by atoms with Gasteiger partial charge in [0.05, 0.1) is 6.10 Å². The fourth-order valence-electron chi connectivity index (χ4n) is 2.61. The molecule has 21 heavy (non-hydrogen) atoms. The summed E-state index contributed by atoms with van der Waals surface area (Å²) in [6.07, 6.45) is 6.68. The standard InChI is InChI=1S/C17H24BrNO2/c1-2-3-4-5-9-12-14-15(18)16(20)19-17(21-14)13-10-7-6-8-11-13/h6-8,10-11,14-15,17H,2-5,9,12H2,1H3,(H,19,20)/t14-,15+,17+/m0/s1. The number of benzene rings is 1. The molecule has 0 unspecified atom stereocenters. The average Bonchev–Trinajstić information content (AvgIpc) is 2.51. The summed E-state index contributed by atoms with van der Waals surface area (Å²) >= 11 is 3.47.